The van der Waals surface area contributed by atoms with Gasteiger partial charge in [0.1, 0.15) is 6.42 Å². The number of nitrogens with two attached hydrogens (primary N) is 1. The Morgan fingerprint density at radius 1 is 1.24 bits per heavy atom. The van der Waals surface area contributed by atoms with Crippen molar-refractivity contribution in [1.29, 1.82) is 5.26 Å². The molecule has 2 aromatic rings. The van der Waals surface area contributed by atoms with Crippen LogP contribution in [0.1, 0.15) is 54.2 Å². The largest absolute Gasteiger partial charge is 0.365 e. The molecule has 0 unspecified atom stereocenters. The number of alkyl halides is 2. The van der Waals surface area contributed by atoms with Gasteiger partial charge in [-0.15, -0.1) is 0 Å². The average Bonchev–Trinajstić information content (AvgIpc) is 3.24. The van der Waals surface area contributed by atoms with E-state index in [-0.39, 0.29) is 24.3 Å². The molecule has 2 amide bonds. The van der Waals surface area contributed by atoms with Crippen LogP contribution in [-0.2, 0) is 26.6 Å². The van der Waals surface area contributed by atoms with Gasteiger partial charge in [0.25, 0.3) is 5.91 Å². The van der Waals surface area contributed by atoms with Crippen LogP contribution in [0.4, 0.5) is 8.78 Å². The van der Waals surface area contributed by atoms with Crippen molar-refractivity contribution in [3.05, 3.63) is 47.3 Å². The molecule has 1 aromatic carbocycles. The predicted molar refractivity (Wildman–Crippen MR) is 117 cm³/mol. The van der Waals surface area contributed by atoms with Crippen molar-refractivity contribution < 1.29 is 26.8 Å². The molecular formula is C22H25F2N5O4S. The third-order valence-corrected chi connectivity index (χ3v) is 7.73. The number of rotatable bonds is 8. The maximum atomic E-state index is 12.8. The van der Waals surface area contributed by atoms with E-state index in [0.29, 0.717) is 43.6 Å². The minimum atomic E-state index is -4.70. The fourth-order valence-electron chi connectivity index (χ4n) is 4.18. The molecule has 1 fully saturated rings. The summed E-state index contributed by atoms with van der Waals surface area (Å²) in [6, 6.07) is 6.85. The lowest BCUT2D eigenvalue weighted by Gasteiger charge is -2.41. The summed E-state index contributed by atoms with van der Waals surface area (Å²) in [7, 11) is -4.70. The summed E-state index contributed by atoms with van der Waals surface area (Å²) in [5, 5.41) is 13.4. The summed E-state index contributed by atoms with van der Waals surface area (Å²) in [5.41, 5.74) is 6.29. The van der Waals surface area contributed by atoms with Gasteiger partial charge in [-0.05, 0) is 37.0 Å². The van der Waals surface area contributed by atoms with Gasteiger partial charge >= 0.3 is 5.76 Å². The summed E-state index contributed by atoms with van der Waals surface area (Å²) < 4.78 is 50.5. The summed E-state index contributed by atoms with van der Waals surface area (Å²) in [5.74, 6) is -4.41. The zero-order chi connectivity index (χ0) is 25.1. The van der Waals surface area contributed by atoms with E-state index in [9.17, 15) is 26.8 Å². The van der Waals surface area contributed by atoms with Gasteiger partial charge in [0.2, 0.25) is 15.7 Å². The number of benzene rings is 1. The molecular weight excluding hydrogens is 468 g/mol. The lowest BCUT2D eigenvalue weighted by molar-refractivity contribution is -0.132. The van der Waals surface area contributed by atoms with Crippen LogP contribution in [0.5, 0.6) is 0 Å². The smallest absolute Gasteiger partial charge is 0.341 e. The Kier molecular flexibility index (Phi) is 7.35. The minimum absolute atomic E-state index is 0.146. The zero-order valence-electron chi connectivity index (χ0n) is 18.6. The molecule has 34 heavy (non-hydrogen) atoms. The number of nitrogens with zero attached hydrogens (tertiary/aromatic N) is 4. The molecule has 1 saturated heterocycles. The molecule has 0 spiro atoms. The second-order valence-electron chi connectivity index (χ2n) is 8.22. The molecule has 182 valence electrons. The Morgan fingerprint density at radius 2 is 1.85 bits per heavy atom. The number of hydrogen-bond acceptors (Lipinski definition) is 6. The second-order valence-corrected chi connectivity index (χ2v) is 10.1. The van der Waals surface area contributed by atoms with Crippen LogP contribution in [0.15, 0.2) is 35.4 Å². The molecule has 3 rings (SSSR count). The first-order valence-electron chi connectivity index (χ1n) is 10.7. The van der Waals surface area contributed by atoms with Gasteiger partial charge in [-0.25, -0.2) is 8.42 Å². The monoisotopic (exact) mass is 493 g/mol. The molecule has 1 aliphatic rings. The lowest BCUT2D eigenvalue weighted by atomic mass is 9.85. The number of carbonyl (C=O) groups is 2. The van der Waals surface area contributed by atoms with Gasteiger partial charge < -0.3 is 10.6 Å². The summed E-state index contributed by atoms with van der Waals surface area (Å²) in [6.45, 7) is 2.89. The minimum Gasteiger partial charge on any atom is -0.365 e. The van der Waals surface area contributed by atoms with E-state index < -0.39 is 31.9 Å². The Balaban J connectivity index is 1.85. The topological polar surface area (TPSA) is 139 Å². The molecule has 0 atom stereocenters. The first-order chi connectivity index (χ1) is 16.0. The summed E-state index contributed by atoms with van der Waals surface area (Å²) in [4.78, 5) is 25.3. The van der Waals surface area contributed by atoms with E-state index in [4.69, 9.17) is 11.0 Å². The van der Waals surface area contributed by atoms with Crippen LogP contribution in [-0.4, -0.2) is 53.8 Å². The number of hydrogen-bond donors (Lipinski definition) is 1. The SMILES string of the molecule is CCC1(n2cc(C(N)=O)c(Cc3ccc(S(=O)(=O)C(F)F)cc3)n2)CCN(C(=O)CC#N)CC1. The fourth-order valence-corrected chi connectivity index (χ4v) is 4.90. The van der Waals surface area contributed by atoms with Gasteiger partial charge in [-0.3, -0.25) is 14.3 Å². The van der Waals surface area contributed by atoms with Crippen molar-refractivity contribution in [1.82, 2.24) is 14.7 Å². The molecule has 2 N–H and O–H groups in total. The van der Waals surface area contributed by atoms with Crippen molar-refractivity contribution in [2.24, 2.45) is 5.73 Å². The highest BCUT2D eigenvalue weighted by atomic mass is 32.2. The van der Waals surface area contributed by atoms with Gasteiger partial charge in [0.05, 0.1) is 27.8 Å². The van der Waals surface area contributed by atoms with Crippen LogP contribution in [0, 0.1) is 11.3 Å². The van der Waals surface area contributed by atoms with Crippen LogP contribution < -0.4 is 5.73 Å². The Hall–Kier alpha value is -3.33. The number of halogens is 2. The highest BCUT2D eigenvalue weighted by Crippen LogP contribution is 2.34. The Labute approximate surface area is 196 Å². The number of likely N-dealkylation sites (tertiary alicyclic amines) is 1. The first kappa shape index (κ1) is 25.3. The van der Waals surface area contributed by atoms with Gasteiger partial charge in [0, 0.05) is 25.7 Å². The second kappa shape index (κ2) is 9.89. The number of sulfone groups is 1. The molecule has 9 nitrogen and oxygen atoms in total. The van der Waals surface area contributed by atoms with E-state index >= 15 is 0 Å². The number of aromatic nitrogens is 2. The van der Waals surface area contributed by atoms with Crippen molar-refractivity contribution in [3.8, 4) is 6.07 Å². The molecule has 0 bridgehead atoms. The number of amides is 2. The van der Waals surface area contributed by atoms with Crippen LogP contribution in [0.2, 0.25) is 0 Å². The molecule has 2 heterocycles. The fraction of sp³-hybridized carbons (Fsp3) is 0.455. The van der Waals surface area contributed by atoms with Gasteiger partial charge in [-0.2, -0.15) is 19.1 Å². The third-order valence-electron chi connectivity index (χ3n) is 6.34. The standard InChI is InChI=1S/C22H25F2N5O4S/c1-2-22(8-11-28(12-9-22)19(30)7-10-25)29-14-17(20(26)31)18(27-29)13-15-3-5-16(6-4-15)34(32,33)21(23)24/h3-6,14,21H,2,7-9,11-13H2,1H3,(H2,26,31). The van der Waals surface area contributed by atoms with Gasteiger partial charge in [0.15, 0.2) is 0 Å². The number of primary amides is 1. The van der Waals surface area contributed by atoms with E-state index in [1.807, 2.05) is 13.0 Å². The lowest BCUT2D eigenvalue weighted by Crippen LogP contribution is -2.48. The number of nitriles is 1. The van der Waals surface area contributed by atoms with E-state index in [0.717, 1.165) is 12.1 Å². The maximum absolute atomic E-state index is 12.8. The maximum Gasteiger partial charge on any atom is 0.341 e. The predicted octanol–water partition coefficient (Wildman–Crippen LogP) is 2.21. The van der Waals surface area contributed by atoms with E-state index in [1.54, 1.807) is 15.8 Å². The normalized spacial score (nSPS) is 15.8. The van der Waals surface area contributed by atoms with Gasteiger partial charge in [-0.1, -0.05) is 19.1 Å². The Bertz CT molecular complexity index is 1210. The van der Waals surface area contributed by atoms with Crippen LogP contribution >= 0.6 is 0 Å². The number of carbonyl (C=O) groups excluding carboxylic acids is 2. The average molecular weight is 494 g/mol. The summed E-state index contributed by atoms with van der Waals surface area (Å²) in [6.07, 6.45) is 3.41. The molecule has 0 saturated carbocycles. The number of piperidine rings is 1. The highest BCUT2D eigenvalue weighted by Gasteiger charge is 2.37. The molecule has 0 radical (unpaired) electrons. The van der Waals surface area contributed by atoms with Crippen LogP contribution in [0.25, 0.3) is 0 Å². The molecule has 0 aliphatic carbocycles. The van der Waals surface area contributed by atoms with E-state index in [1.165, 1.54) is 12.1 Å². The van der Waals surface area contributed by atoms with Crippen molar-refractivity contribution in [3.63, 3.8) is 0 Å². The quantitative estimate of drug-likeness (QED) is 0.598. The zero-order valence-corrected chi connectivity index (χ0v) is 19.4. The molecule has 1 aromatic heterocycles. The van der Waals surface area contributed by atoms with Crippen molar-refractivity contribution in [2.45, 2.75) is 55.2 Å². The molecule has 1 aliphatic heterocycles. The van der Waals surface area contributed by atoms with E-state index in [2.05, 4.69) is 5.10 Å². The Morgan fingerprint density at radius 3 is 2.35 bits per heavy atom. The van der Waals surface area contributed by atoms with Crippen molar-refractivity contribution in [2.75, 3.05) is 13.1 Å². The third kappa shape index (κ3) is 4.94. The molecule has 12 heteroatoms. The van der Waals surface area contributed by atoms with Crippen LogP contribution in [0.3, 0.4) is 0 Å². The van der Waals surface area contributed by atoms with Crippen molar-refractivity contribution >= 4 is 21.7 Å². The summed E-state index contributed by atoms with van der Waals surface area (Å²) >= 11 is 0. The first-order valence-corrected chi connectivity index (χ1v) is 12.2. The highest BCUT2D eigenvalue weighted by molar-refractivity contribution is 7.91.